The third-order valence-electron chi connectivity index (χ3n) is 4.53. The van der Waals surface area contributed by atoms with Gasteiger partial charge in [-0.1, -0.05) is 30.1 Å². The first-order chi connectivity index (χ1) is 12.3. The van der Waals surface area contributed by atoms with Crippen molar-refractivity contribution in [3.63, 3.8) is 0 Å². The van der Waals surface area contributed by atoms with Crippen molar-refractivity contribution in [2.24, 2.45) is 0 Å². The van der Waals surface area contributed by atoms with E-state index in [1.807, 2.05) is 13.0 Å². The van der Waals surface area contributed by atoms with Crippen LogP contribution in [0.15, 0.2) is 12.1 Å². The molecule has 1 heterocycles. The number of anilines is 1. The molecule has 0 radical (unpaired) electrons. The Labute approximate surface area is 165 Å². The molecule has 0 unspecified atom stereocenters. The SMILES string of the molecule is CCc1cc(Cl)c(Cl)cc1NCC(=O)N1CCC(NS(=O)(=O)CC)CC1. The van der Waals surface area contributed by atoms with Gasteiger partial charge in [0.25, 0.3) is 0 Å². The summed E-state index contributed by atoms with van der Waals surface area (Å²) in [6.45, 7) is 4.87. The van der Waals surface area contributed by atoms with Crippen LogP contribution in [0.2, 0.25) is 10.0 Å². The molecule has 0 spiro atoms. The van der Waals surface area contributed by atoms with Gasteiger partial charge < -0.3 is 10.2 Å². The number of carbonyl (C=O) groups is 1. The highest BCUT2D eigenvalue weighted by atomic mass is 35.5. The molecule has 0 saturated carbocycles. The van der Waals surface area contributed by atoms with Crippen LogP contribution in [-0.2, 0) is 21.2 Å². The summed E-state index contributed by atoms with van der Waals surface area (Å²) < 4.78 is 25.9. The minimum atomic E-state index is -3.21. The number of amides is 1. The largest absolute Gasteiger partial charge is 0.376 e. The van der Waals surface area contributed by atoms with Gasteiger partial charge in [0.1, 0.15) is 0 Å². The maximum Gasteiger partial charge on any atom is 0.241 e. The van der Waals surface area contributed by atoms with Gasteiger partial charge in [0.05, 0.1) is 22.3 Å². The van der Waals surface area contributed by atoms with Gasteiger partial charge >= 0.3 is 0 Å². The lowest BCUT2D eigenvalue weighted by molar-refractivity contribution is -0.130. The molecule has 1 saturated heterocycles. The lowest BCUT2D eigenvalue weighted by Gasteiger charge is -2.32. The Balaban J connectivity index is 1.87. The molecule has 1 fully saturated rings. The van der Waals surface area contributed by atoms with Crippen molar-refractivity contribution in [1.82, 2.24) is 9.62 Å². The molecule has 1 aliphatic heterocycles. The first-order valence-corrected chi connectivity index (χ1v) is 11.2. The molecule has 0 aromatic heterocycles. The molecule has 146 valence electrons. The minimum Gasteiger partial charge on any atom is -0.376 e. The maximum absolute atomic E-state index is 12.4. The Morgan fingerprint density at radius 2 is 1.81 bits per heavy atom. The average molecular weight is 422 g/mol. The second-order valence-corrected chi connectivity index (χ2v) is 9.16. The highest BCUT2D eigenvalue weighted by Crippen LogP contribution is 2.29. The van der Waals surface area contributed by atoms with Crippen molar-refractivity contribution in [3.05, 3.63) is 27.7 Å². The first kappa shape index (κ1) is 21.3. The normalized spacial score (nSPS) is 15.9. The fraction of sp³-hybridized carbons (Fsp3) is 0.588. The molecule has 6 nitrogen and oxygen atoms in total. The number of hydrogen-bond donors (Lipinski definition) is 2. The van der Waals surface area contributed by atoms with E-state index in [0.29, 0.717) is 36.0 Å². The summed E-state index contributed by atoms with van der Waals surface area (Å²) in [4.78, 5) is 14.2. The number of piperidine rings is 1. The van der Waals surface area contributed by atoms with Crippen molar-refractivity contribution < 1.29 is 13.2 Å². The predicted molar refractivity (Wildman–Crippen MR) is 107 cm³/mol. The Morgan fingerprint density at radius 1 is 1.19 bits per heavy atom. The number of benzene rings is 1. The number of hydrogen-bond acceptors (Lipinski definition) is 4. The summed E-state index contributed by atoms with van der Waals surface area (Å²) in [6, 6.07) is 3.45. The quantitative estimate of drug-likeness (QED) is 0.709. The van der Waals surface area contributed by atoms with E-state index in [1.54, 1.807) is 17.9 Å². The number of carbonyl (C=O) groups excluding carboxylic acids is 1. The predicted octanol–water partition coefficient (Wildman–Crippen LogP) is 2.90. The molecular weight excluding hydrogens is 397 g/mol. The van der Waals surface area contributed by atoms with Crippen molar-refractivity contribution >= 4 is 44.8 Å². The van der Waals surface area contributed by atoms with Gasteiger partial charge in [0.15, 0.2) is 0 Å². The Bertz CT molecular complexity index is 748. The fourth-order valence-corrected chi connectivity index (χ4v) is 4.17. The molecule has 9 heteroatoms. The van der Waals surface area contributed by atoms with Crippen LogP contribution in [0.5, 0.6) is 0 Å². The number of aryl methyl sites for hydroxylation is 1. The molecule has 0 aliphatic carbocycles. The van der Waals surface area contributed by atoms with Crippen molar-refractivity contribution in [2.75, 3.05) is 30.7 Å². The molecule has 0 atom stereocenters. The zero-order valence-corrected chi connectivity index (χ0v) is 17.3. The van der Waals surface area contributed by atoms with Gasteiger partial charge in [0, 0.05) is 24.8 Å². The topological polar surface area (TPSA) is 78.5 Å². The van der Waals surface area contributed by atoms with Crippen LogP contribution in [0.1, 0.15) is 32.3 Å². The van der Waals surface area contributed by atoms with Crippen molar-refractivity contribution in [3.8, 4) is 0 Å². The number of likely N-dealkylation sites (tertiary alicyclic amines) is 1. The van der Waals surface area contributed by atoms with E-state index >= 15 is 0 Å². The number of sulfonamides is 1. The van der Waals surface area contributed by atoms with Crippen LogP contribution in [-0.4, -0.2) is 50.7 Å². The van der Waals surface area contributed by atoms with Crippen LogP contribution < -0.4 is 10.0 Å². The lowest BCUT2D eigenvalue weighted by atomic mass is 10.1. The zero-order valence-electron chi connectivity index (χ0n) is 15.0. The third kappa shape index (κ3) is 5.74. The molecule has 26 heavy (non-hydrogen) atoms. The van der Waals surface area contributed by atoms with Crippen LogP contribution in [0.4, 0.5) is 5.69 Å². The molecule has 1 aromatic rings. The van der Waals surface area contributed by atoms with Crippen LogP contribution in [0, 0.1) is 0 Å². The smallest absolute Gasteiger partial charge is 0.241 e. The Kier molecular flexibility index (Phi) is 7.58. The number of nitrogens with one attached hydrogen (secondary N) is 2. The van der Waals surface area contributed by atoms with Crippen LogP contribution >= 0.6 is 23.2 Å². The third-order valence-corrected chi connectivity index (χ3v) is 6.71. The molecular formula is C17H25Cl2N3O3S. The van der Waals surface area contributed by atoms with E-state index in [4.69, 9.17) is 23.2 Å². The van der Waals surface area contributed by atoms with E-state index in [2.05, 4.69) is 10.0 Å². The molecule has 0 bridgehead atoms. The highest BCUT2D eigenvalue weighted by molar-refractivity contribution is 7.89. The molecule has 2 rings (SSSR count). The van der Waals surface area contributed by atoms with Gasteiger partial charge in [-0.15, -0.1) is 0 Å². The highest BCUT2D eigenvalue weighted by Gasteiger charge is 2.25. The van der Waals surface area contributed by atoms with Gasteiger partial charge in [-0.25, -0.2) is 13.1 Å². The van der Waals surface area contributed by atoms with Gasteiger partial charge in [-0.2, -0.15) is 0 Å². The molecule has 1 aromatic carbocycles. The van der Waals surface area contributed by atoms with Gasteiger partial charge in [-0.05, 0) is 43.9 Å². The van der Waals surface area contributed by atoms with Crippen molar-refractivity contribution in [1.29, 1.82) is 0 Å². The number of halogens is 2. The number of rotatable bonds is 7. The zero-order chi connectivity index (χ0) is 19.3. The Morgan fingerprint density at radius 3 is 2.38 bits per heavy atom. The average Bonchev–Trinajstić information content (AvgIpc) is 2.62. The monoisotopic (exact) mass is 421 g/mol. The minimum absolute atomic E-state index is 0.0186. The van der Waals surface area contributed by atoms with Gasteiger partial charge in [0.2, 0.25) is 15.9 Å². The summed E-state index contributed by atoms with van der Waals surface area (Å²) >= 11 is 12.1. The number of nitrogens with zero attached hydrogens (tertiary/aromatic N) is 1. The lowest BCUT2D eigenvalue weighted by Crippen LogP contribution is -2.48. The fourth-order valence-electron chi connectivity index (χ4n) is 2.91. The van der Waals surface area contributed by atoms with E-state index in [9.17, 15) is 13.2 Å². The molecule has 1 aliphatic rings. The van der Waals surface area contributed by atoms with Gasteiger partial charge in [-0.3, -0.25) is 4.79 Å². The first-order valence-electron chi connectivity index (χ1n) is 8.75. The van der Waals surface area contributed by atoms with E-state index in [0.717, 1.165) is 17.7 Å². The second-order valence-electron chi connectivity index (χ2n) is 6.31. The van der Waals surface area contributed by atoms with Crippen molar-refractivity contribution in [2.45, 2.75) is 39.2 Å². The molecule has 1 amide bonds. The maximum atomic E-state index is 12.4. The van der Waals surface area contributed by atoms with E-state index in [-0.39, 0.29) is 24.2 Å². The molecule has 2 N–H and O–H groups in total. The Hall–Kier alpha value is -1.02. The summed E-state index contributed by atoms with van der Waals surface area (Å²) in [5.41, 5.74) is 1.81. The second kappa shape index (κ2) is 9.26. The summed E-state index contributed by atoms with van der Waals surface area (Å²) in [5.74, 6) is 0.0503. The van der Waals surface area contributed by atoms with E-state index < -0.39 is 10.0 Å². The van der Waals surface area contributed by atoms with Crippen LogP contribution in [0.25, 0.3) is 0 Å². The van der Waals surface area contributed by atoms with Crippen LogP contribution in [0.3, 0.4) is 0 Å². The summed E-state index contributed by atoms with van der Waals surface area (Å²) in [6.07, 6.45) is 2.02. The summed E-state index contributed by atoms with van der Waals surface area (Å²) in [5, 5.41) is 4.09. The summed E-state index contributed by atoms with van der Waals surface area (Å²) in [7, 11) is -3.21. The standard InChI is InChI=1S/C17H25Cl2N3O3S/c1-3-12-9-14(18)15(19)10-16(12)20-11-17(23)22-7-5-13(6-8-22)21-26(24,25)4-2/h9-10,13,20-21H,3-8,11H2,1-2H3. The van der Waals surface area contributed by atoms with E-state index in [1.165, 1.54) is 0 Å².